The molecule has 116 valence electrons. The maximum Gasteiger partial charge on any atom is 0.238 e. The number of aromatic nitrogens is 1. The Morgan fingerprint density at radius 1 is 1.27 bits per heavy atom. The summed E-state index contributed by atoms with van der Waals surface area (Å²) in [6.07, 6.45) is 2.61. The molecule has 0 saturated heterocycles. The van der Waals surface area contributed by atoms with Crippen molar-refractivity contribution in [1.82, 2.24) is 9.88 Å². The number of hydrogen-bond acceptors (Lipinski definition) is 4. The quantitative estimate of drug-likeness (QED) is 0.815. The second kappa shape index (κ2) is 8.26. The minimum Gasteiger partial charge on any atom is -0.326 e. The molecule has 2 aromatic rings. The maximum absolute atomic E-state index is 12.0. The van der Waals surface area contributed by atoms with Gasteiger partial charge < -0.3 is 11.1 Å². The molecule has 0 aliphatic heterocycles. The number of likely N-dealkylation sites (N-methyl/N-ethyl adjacent to an activating group) is 1. The summed E-state index contributed by atoms with van der Waals surface area (Å²) in [5, 5.41) is 2.89. The highest BCUT2D eigenvalue weighted by Crippen LogP contribution is 2.10. The molecule has 5 nitrogen and oxygen atoms in total. The van der Waals surface area contributed by atoms with Crippen molar-refractivity contribution in [3.8, 4) is 0 Å². The number of carbonyl (C=O) groups excluding carboxylic acids is 1. The number of anilines is 1. The van der Waals surface area contributed by atoms with Gasteiger partial charge >= 0.3 is 0 Å². The highest BCUT2D eigenvalue weighted by Gasteiger charge is 2.07. The first-order chi connectivity index (χ1) is 10.7. The number of nitrogens with zero attached hydrogens (tertiary/aromatic N) is 2. The molecule has 2 rings (SSSR count). The highest BCUT2D eigenvalue weighted by atomic mass is 16.2. The van der Waals surface area contributed by atoms with Crippen molar-refractivity contribution in [2.75, 3.05) is 25.5 Å². The number of pyridine rings is 1. The standard InChI is InChI=1S/C17H22N4O/c1-21(10-8-15-6-2-3-9-19-15)13-17(22)20-16-7-4-5-14(11-16)12-18/h2-7,9,11H,8,10,12-13,18H2,1H3,(H,20,22). The van der Waals surface area contributed by atoms with Crippen LogP contribution in [0.2, 0.25) is 0 Å². The molecule has 22 heavy (non-hydrogen) atoms. The Morgan fingerprint density at radius 2 is 2.14 bits per heavy atom. The van der Waals surface area contributed by atoms with Gasteiger partial charge in [-0.25, -0.2) is 0 Å². The van der Waals surface area contributed by atoms with Crippen molar-refractivity contribution < 1.29 is 4.79 Å². The molecule has 0 unspecified atom stereocenters. The average Bonchev–Trinajstić information content (AvgIpc) is 2.54. The summed E-state index contributed by atoms with van der Waals surface area (Å²) in [4.78, 5) is 18.3. The second-order valence-corrected chi connectivity index (χ2v) is 5.26. The molecule has 1 heterocycles. The third-order valence-corrected chi connectivity index (χ3v) is 3.34. The molecule has 0 atom stereocenters. The van der Waals surface area contributed by atoms with Gasteiger partial charge in [0.15, 0.2) is 0 Å². The SMILES string of the molecule is CN(CCc1ccccn1)CC(=O)Nc1cccc(CN)c1. The van der Waals surface area contributed by atoms with Crippen molar-refractivity contribution >= 4 is 11.6 Å². The topological polar surface area (TPSA) is 71.2 Å². The minimum absolute atomic E-state index is 0.0299. The van der Waals surface area contributed by atoms with Crippen LogP contribution in [0.4, 0.5) is 5.69 Å². The first-order valence-electron chi connectivity index (χ1n) is 7.34. The third kappa shape index (κ3) is 5.27. The summed E-state index contributed by atoms with van der Waals surface area (Å²) >= 11 is 0. The van der Waals surface area contributed by atoms with Crippen LogP contribution >= 0.6 is 0 Å². The predicted molar refractivity (Wildman–Crippen MR) is 88.4 cm³/mol. The molecule has 1 aromatic carbocycles. The van der Waals surface area contributed by atoms with Crippen LogP contribution in [0.1, 0.15) is 11.3 Å². The van der Waals surface area contributed by atoms with Crippen LogP contribution in [0.3, 0.4) is 0 Å². The Hall–Kier alpha value is -2.24. The molecular formula is C17H22N4O. The Bertz CT molecular complexity index is 601. The van der Waals surface area contributed by atoms with Crippen molar-refractivity contribution in [3.63, 3.8) is 0 Å². The van der Waals surface area contributed by atoms with Gasteiger partial charge in [0, 0.05) is 37.1 Å². The fourth-order valence-corrected chi connectivity index (χ4v) is 2.15. The van der Waals surface area contributed by atoms with Gasteiger partial charge in [-0.2, -0.15) is 0 Å². The molecule has 3 N–H and O–H groups in total. The van der Waals surface area contributed by atoms with Crippen molar-refractivity contribution in [2.45, 2.75) is 13.0 Å². The molecule has 0 aliphatic rings. The summed E-state index contributed by atoms with van der Waals surface area (Å²) in [6, 6.07) is 13.5. The van der Waals surface area contributed by atoms with E-state index in [1.807, 2.05) is 54.4 Å². The molecule has 0 saturated carbocycles. The average molecular weight is 298 g/mol. The van der Waals surface area contributed by atoms with Gasteiger partial charge in [-0.05, 0) is 36.9 Å². The van der Waals surface area contributed by atoms with E-state index in [2.05, 4.69) is 10.3 Å². The van der Waals surface area contributed by atoms with Crippen molar-refractivity contribution in [2.24, 2.45) is 5.73 Å². The Morgan fingerprint density at radius 3 is 2.86 bits per heavy atom. The van der Waals surface area contributed by atoms with Crippen LogP contribution in [0.5, 0.6) is 0 Å². The molecule has 5 heteroatoms. The first kappa shape index (κ1) is 16.1. The number of rotatable bonds is 7. The molecule has 1 amide bonds. The van der Waals surface area contributed by atoms with Crippen LogP contribution in [0, 0.1) is 0 Å². The van der Waals surface area contributed by atoms with E-state index in [0.29, 0.717) is 13.1 Å². The number of hydrogen-bond donors (Lipinski definition) is 2. The van der Waals surface area contributed by atoms with Gasteiger partial charge in [-0.1, -0.05) is 18.2 Å². The molecule has 0 fully saturated rings. The third-order valence-electron chi connectivity index (χ3n) is 3.34. The normalized spacial score (nSPS) is 10.7. The first-order valence-corrected chi connectivity index (χ1v) is 7.34. The Labute approximate surface area is 131 Å². The number of nitrogens with two attached hydrogens (primary N) is 1. The lowest BCUT2D eigenvalue weighted by Crippen LogP contribution is -2.31. The van der Waals surface area contributed by atoms with Gasteiger partial charge in [0.2, 0.25) is 5.91 Å². The van der Waals surface area contributed by atoms with E-state index in [-0.39, 0.29) is 5.91 Å². The lowest BCUT2D eigenvalue weighted by Gasteiger charge is -2.16. The number of nitrogens with one attached hydrogen (secondary N) is 1. The largest absolute Gasteiger partial charge is 0.326 e. The Balaban J connectivity index is 1.78. The summed E-state index contributed by atoms with van der Waals surface area (Å²) in [6.45, 7) is 1.60. The monoisotopic (exact) mass is 298 g/mol. The molecule has 0 spiro atoms. The summed E-state index contributed by atoms with van der Waals surface area (Å²) in [5.74, 6) is -0.0299. The van der Waals surface area contributed by atoms with Crippen LogP contribution < -0.4 is 11.1 Å². The van der Waals surface area contributed by atoms with E-state index < -0.39 is 0 Å². The lowest BCUT2D eigenvalue weighted by molar-refractivity contribution is -0.117. The van der Waals surface area contributed by atoms with E-state index in [0.717, 1.165) is 29.9 Å². The van der Waals surface area contributed by atoms with Gasteiger partial charge in [0.05, 0.1) is 6.54 Å². The number of amides is 1. The smallest absolute Gasteiger partial charge is 0.238 e. The summed E-state index contributed by atoms with van der Waals surface area (Å²) in [7, 11) is 1.93. The Kier molecular flexibility index (Phi) is 6.06. The van der Waals surface area contributed by atoms with Gasteiger partial charge in [0.1, 0.15) is 0 Å². The van der Waals surface area contributed by atoms with E-state index in [9.17, 15) is 4.79 Å². The molecule has 1 aromatic heterocycles. The summed E-state index contributed by atoms with van der Waals surface area (Å²) in [5.41, 5.74) is 8.42. The zero-order valence-corrected chi connectivity index (χ0v) is 12.8. The van der Waals surface area contributed by atoms with E-state index in [4.69, 9.17) is 5.73 Å². The fraction of sp³-hybridized carbons (Fsp3) is 0.294. The number of carbonyl (C=O) groups is 1. The zero-order chi connectivity index (χ0) is 15.8. The van der Waals surface area contributed by atoms with E-state index in [1.54, 1.807) is 6.20 Å². The highest BCUT2D eigenvalue weighted by molar-refractivity contribution is 5.92. The molecule has 0 aliphatic carbocycles. The van der Waals surface area contributed by atoms with Crippen LogP contribution in [-0.4, -0.2) is 35.9 Å². The molecule has 0 radical (unpaired) electrons. The van der Waals surface area contributed by atoms with Crippen molar-refractivity contribution in [1.29, 1.82) is 0 Å². The number of benzene rings is 1. The minimum atomic E-state index is -0.0299. The van der Waals surface area contributed by atoms with Crippen LogP contribution in [-0.2, 0) is 17.8 Å². The lowest BCUT2D eigenvalue weighted by atomic mass is 10.2. The van der Waals surface area contributed by atoms with Gasteiger partial charge in [0.25, 0.3) is 0 Å². The van der Waals surface area contributed by atoms with E-state index in [1.165, 1.54) is 0 Å². The van der Waals surface area contributed by atoms with Crippen LogP contribution in [0.15, 0.2) is 48.7 Å². The zero-order valence-electron chi connectivity index (χ0n) is 12.8. The molecular weight excluding hydrogens is 276 g/mol. The second-order valence-electron chi connectivity index (χ2n) is 5.26. The van der Waals surface area contributed by atoms with Crippen LogP contribution in [0.25, 0.3) is 0 Å². The summed E-state index contributed by atoms with van der Waals surface area (Å²) < 4.78 is 0. The fourth-order valence-electron chi connectivity index (χ4n) is 2.15. The van der Waals surface area contributed by atoms with Gasteiger partial charge in [-0.15, -0.1) is 0 Å². The predicted octanol–water partition coefficient (Wildman–Crippen LogP) is 1.65. The van der Waals surface area contributed by atoms with Crippen molar-refractivity contribution in [3.05, 3.63) is 59.9 Å². The van der Waals surface area contributed by atoms with E-state index >= 15 is 0 Å². The molecule has 0 bridgehead atoms. The van der Waals surface area contributed by atoms with Gasteiger partial charge in [-0.3, -0.25) is 14.7 Å². The maximum atomic E-state index is 12.0.